The predicted molar refractivity (Wildman–Crippen MR) is 129 cm³/mol. The van der Waals surface area contributed by atoms with Gasteiger partial charge in [0.15, 0.2) is 6.10 Å². The summed E-state index contributed by atoms with van der Waals surface area (Å²) < 4.78 is 34.3. The summed E-state index contributed by atoms with van der Waals surface area (Å²) in [4.78, 5) is 13.2. The van der Waals surface area contributed by atoms with Crippen LogP contribution in [0.15, 0.2) is 77.7 Å². The first-order valence-corrected chi connectivity index (χ1v) is 12.4. The summed E-state index contributed by atoms with van der Waals surface area (Å²) in [5.74, 6) is 0.155. The minimum atomic E-state index is -3.87. The van der Waals surface area contributed by atoms with Crippen molar-refractivity contribution in [3.05, 3.63) is 89.5 Å². The lowest BCUT2D eigenvalue weighted by atomic mass is 10.0. The Labute approximate surface area is 195 Å². The van der Waals surface area contributed by atoms with Crippen LogP contribution < -0.4 is 14.4 Å². The Hall–Kier alpha value is -3.32. The number of carbonyl (C=O) groups is 1. The summed E-state index contributed by atoms with van der Waals surface area (Å²) >= 11 is 0. The van der Waals surface area contributed by atoms with E-state index < -0.39 is 16.1 Å². The Morgan fingerprint density at radius 2 is 1.70 bits per heavy atom. The van der Waals surface area contributed by atoms with Crippen molar-refractivity contribution in [2.75, 3.05) is 17.4 Å². The summed E-state index contributed by atoms with van der Waals surface area (Å²) in [6, 6.07) is 21.9. The molecule has 0 spiro atoms. The quantitative estimate of drug-likeness (QED) is 0.594. The van der Waals surface area contributed by atoms with Crippen LogP contribution in [-0.2, 0) is 14.8 Å². The van der Waals surface area contributed by atoms with Gasteiger partial charge < -0.3 is 10.1 Å². The number of aryl methyl sites for hydroxylation is 2. The molecule has 1 aliphatic rings. The number of hydrogen-bond donors (Lipinski definition) is 1. The van der Waals surface area contributed by atoms with Gasteiger partial charge in [-0.2, -0.15) is 0 Å². The summed E-state index contributed by atoms with van der Waals surface area (Å²) in [6.45, 7) is 6.16. The molecule has 6 nitrogen and oxygen atoms in total. The first-order valence-electron chi connectivity index (χ1n) is 10.9. The number of rotatable bonds is 6. The SMILES string of the molecule is Cc1ccc(S(=O)(=O)N2C[C@@H](C(=O)NC[C@@H](C)c3ccccc3)Oc3cc(C)ccc32)cc1. The fraction of sp³-hybridized carbons (Fsp3) is 0.269. The number of ether oxygens (including phenoxy) is 1. The zero-order valence-electron chi connectivity index (χ0n) is 19.0. The van der Waals surface area contributed by atoms with E-state index in [0.29, 0.717) is 18.0 Å². The number of nitrogens with one attached hydrogen (secondary N) is 1. The monoisotopic (exact) mass is 464 g/mol. The van der Waals surface area contributed by atoms with Crippen LogP contribution in [0.3, 0.4) is 0 Å². The van der Waals surface area contributed by atoms with E-state index in [1.54, 1.807) is 36.4 Å². The fourth-order valence-electron chi connectivity index (χ4n) is 3.83. The van der Waals surface area contributed by atoms with Crippen molar-refractivity contribution in [3.63, 3.8) is 0 Å². The first kappa shape index (κ1) is 22.9. The third-order valence-electron chi connectivity index (χ3n) is 5.84. The van der Waals surface area contributed by atoms with Gasteiger partial charge in [0.1, 0.15) is 5.75 Å². The second kappa shape index (κ2) is 9.27. The van der Waals surface area contributed by atoms with Crippen molar-refractivity contribution in [3.8, 4) is 5.75 Å². The standard InChI is InChI=1S/C26H28N2O4S/c1-18-9-12-22(13-10-18)33(30,31)28-17-25(32-24-15-19(2)11-14-23(24)28)26(29)27-16-20(3)21-7-5-4-6-8-21/h4-15,20,25H,16-17H2,1-3H3,(H,27,29)/t20-,25+/m1/s1. The minimum absolute atomic E-state index is 0.0994. The Morgan fingerprint density at radius 1 is 1.03 bits per heavy atom. The summed E-state index contributed by atoms with van der Waals surface area (Å²) in [6.07, 6.45) is -0.956. The van der Waals surface area contributed by atoms with E-state index in [9.17, 15) is 13.2 Å². The van der Waals surface area contributed by atoms with Crippen LogP contribution in [0.4, 0.5) is 5.69 Å². The lowest BCUT2D eigenvalue weighted by Gasteiger charge is -2.35. The largest absolute Gasteiger partial charge is 0.476 e. The Balaban J connectivity index is 1.58. The average molecular weight is 465 g/mol. The molecule has 33 heavy (non-hydrogen) atoms. The lowest BCUT2D eigenvalue weighted by molar-refractivity contribution is -0.127. The number of anilines is 1. The van der Waals surface area contributed by atoms with Crippen molar-refractivity contribution in [1.82, 2.24) is 5.32 Å². The molecule has 4 rings (SSSR count). The van der Waals surface area contributed by atoms with Crippen molar-refractivity contribution in [1.29, 1.82) is 0 Å². The summed E-state index contributed by atoms with van der Waals surface area (Å²) in [5.41, 5.74) is 3.44. The third-order valence-corrected chi connectivity index (χ3v) is 7.63. The molecule has 0 fully saturated rings. The Bertz CT molecular complexity index is 1240. The van der Waals surface area contributed by atoms with Crippen LogP contribution in [0.5, 0.6) is 5.75 Å². The second-order valence-electron chi connectivity index (χ2n) is 8.48. The number of fused-ring (bicyclic) bond motifs is 1. The molecule has 0 aliphatic carbocycles. The maximum Gasteiger partial charge on any atom is 0.264 e. The third kappa shape index (κ3) is 4.88. The molecule has 1 amide bonds. The van der Waals surface area contributed by atoms with E-state index >= 15 is 0 Å². The molecule has 0 radical (unpaired) electrons. The van der Waals surface area contributed by atoms with Gasteiger partial charge in [-0.3, -0.25) is 9.10 Å². The lowest BCUT2D eigenvalue weighted by Crippen LogP contribution is -2.51. The van der Waals surface area contributed by atoms with Crippen LogP contribution in [-0.4, -0.2) is 33.5 Å². The van der Waals surface area contributed by atoms with Crippen molar-refractivity contribution in [2.24, 2.45) is 0 Å². The number of nitrogens with zero attached hydrogens (tertiary/aromatic N) is 1. The molecule has 3 aromatic rings. The van der Waals surface area contributed by atoms with E-state index in [1.807, 2.05) is 57.2 Å². The van der Waals surface area contributed by atoms with Crippen LogP contribution >= 0.6 is 0 Å². The maximum absolute atomic E-state index is 13.5. The van der Waals surface area contributed by atoms with Gasteiger partial charge in [0, 0.05) is 6.54 Å². The average Bonchev–Trinajstić information content (AvgIpc) is 2.82. The van der Waals surface area contributed by atoms with Crippen LogP contribution in [0.25, 0.3) is 0 Å². The van der Waals surface area contributed by atoms with Crippen molar-refractivity contribution in [2.45, 2.75) is 37.7 Å². The van der Waals surface area contributed by atoms with Gasteiger partial charge in [-0.25, -0.2) is 8.42 Å². The van der Waals surface area contributed by atoms with Crippen molar-refractivity contribution >= 4 is 21.6 Å². The molecule has 1 aliphatic heterocycles. The molecule has 0 unspecified atom stereocenters. The van der Waals surface area contributed by atoms with Gasteiger partial charge in [0.2, 0.25) is 0 Å². The highest BCUT2D eigenvalue weighted by Gasteiger charge is 2.37. The van der Waals surface area contributed by atoms with Gasteiger partial charge in [0.25, 0.3) is 15.9 Å². The molecule has 0 saturated heterocycles. The molecule has 1 N–H and O–H groups in total. The van der Waals surface area contributed by atoms with Crippen molar-refractivity contribution < 1.29 is 17.9 Å². The highest BCUT2D eigenvalue weighted by Crippen LogP contribution is 2.37. The smallest absolute Gasteiger partial charge is 0.264 e. The minimum Gasteiger partial charge on any atom is -0.476 e. The number of carbonyl (C=O) groups excluding carboxylic acids is 1. The highest BCUT2D eigenvalue weighted by atomic mass is 32.2. The molecule has 3 aromatic carbocycles. The molecule has 1 heterocycles. The number of amides is 1. The summed E-state index contributed by atoms with van der Waals surface area (Å²) in [5, 5.41) is 2.93. The molecule has 0 aromatic heterocycles. The van der Waals surface area contributed by atoms with Gasteiger partial charge >= 0.3 is 0 Å². The van der Waals surface area contributed by atoms with Gasteiger partial charge in [0.05, 0.1) is 17.1 Å². The van der Waals surface area contributed by atoms with Gasteiger partial charge in [-0.15, -0.1) is 0 Å². The molecule has 172 valence electrons. The maximum atomic E-state index is 13.5. The molecule has 0 saturated carbocycles. The van der Waals surface area contributed by atoms with E-state index in [-0.39, 0.29) is 23.3 Å². The van der Waals surface area contributed by atoms with E-state index in [4.69, 9.17) is 4.74 Å². The zero-order valence-corrected chi connectivity index (χ0v) is 19.8. The Morgan fingerprint density at radius 3 is 2.39 bits per heavy atom. The zero-order chi connectivity index (χ0) is 23.6. The molecule has 0 bridgehead atoms. The van der Waals surface area contributed by atoms with Crippen LogP contribution in [0.2, 0.25) is 0 Å². The number of hydrogen-bond acceptors (Lipinski definition) is 4. The van der Waals surface area contributed by atoms with E-state index in [1.165, 1.54) is 4.31 Å². The molecule has 7 heteroatoms. The predicted octanol–water partition coefficient (Wildman–Crippen LogP) is 4.18. The fourth-order valence-corrected chi connectivity index (χ4v) is 5.31. The normalized spacial score (nSPS) is 16.5. The Kier molecular flexibility index (Phi) is 6.42. The highest BCUT2D eigenvalue weighted by molar-refractivity contribution is 7.92. The molecular formula is C26H28N2O4S. The molecular weight excluding hydrogens is 436 g/mol. The topological polar surface area (TPSA) is 75.7 Å². The van der Waals surface area contributed by atoms with Gasteiger partial charge in [-0.1, -0.05) is 61.0 Å². The second-order valence-corrected chi connectivity index (χ2v) is 10.3. The van der Waals surface area contributed by atoms with Crippen LogP contribution in [0, 0.1) is 13.8 Å². The van der Waals surface area contributed by atoms with Gasteiger partial charge in [-0.05, 0) is 55.2 Å². The first-order chi connectivity index (χ1) is 15.8. The van der Waals surface area contributed by atoms with E-state index in [0.717, 1.165) is 16.7 Å². The summed E-state index contributed by atoms with van der Waals surface area (Å²) in [7, 11) is -3.87. The number of benzene rings is 3. The number of sulfonamides is 1. The van der Waals surface area contributed by atoms with Crippen LogP contribution in [0.1, 0.15) is 29.5 Å². The molecule has 2 atom stereocenters. The van der Waals surface area contributed by atoms with E-state index in [2.05, 4.69) is 5.32 Å².